The van der Waals surface area contributed by atoms with E-state index >= 15 is 0 Å². The minimum absolute atomic E-state index is 0.278. The fourth-order valence-electron chi connectivity index (χ4n) is 3.02. The molecule has 1 unspecified atom stereocenters. The summed E-state index contributed by atoms with van der Waals surface area (Å²) < 4.78 is 1.98. The summed E-state index contributed by atoms with van der Waals surface area (Å²) in [6.45, 7) is 6.11. The molecule has 0 saturated carbocycles. The molecule has 2 aromatic rings. The van der Waals surface area contributed by atoms with Gasteiger partial charge in [0.1, 0.15) is 5.82 Å². The highest BCUT2D eigenvalue weighted by Crippen LogP contribution is 2.26. The van der Waals surface area contributed by atoms with Crippen LogP contribution in [0.1, 0.15) is 24.6 Å². The highest BCUT2D eigenvalue weighted by atomic mass is 16.2. The highest BCUT2D eigenvalue weighted by Gasteiger charge is 2.24. The van der Waals surface area contributed by atoms with E-state index in [1.165, 1.54) is 0 Å². The number of piperidine rings is 1. The third-order valence-electron chi connectivity index (χ3n) is 4.11. The van der Waals surface area contributed by atoms with Gasteiger partial charge in [-0.15, -0.1) is 16.8 Å². The molecule has 0 radical (unpaired) electrons. The van der Waals surface area contributed by atoms with Crippen LogP contribution in [0.15, 0.2) is 31.0 Å². The van der Waals surface area contributed by atoms with E-state index in [0.29, 0.717) is 23.8 Å². The van der Waals surface area contributed by atoms with Gasteiger partial charge in [-0.1, -0.05) is 6.08 Å². The van der Waals surface area contributed by atoms with E-state index in [-0.39, 0.29) is 6.03 Å². The summed E-state index contributed by atoms with van der Waals surface area (Å²) in [6, 6.07) is 3.45. The zero-order valence-corrected chi connectivity index (χ0v) is 13.3. The van der Waals surface area contributed by atoms with Crippen molar-refractivity contribution < 1.29 is 4.79 Å². The normalized spacial score (nSPS) is 18.7. The quantitative estimate of drug-likeness (QED) is 0.845. The number of carbonyl (C=O) groups excluding carboxylic acids is 1. The Labute approximate surface area is 135 Å². The topological polar surface area (TPSA) is 74.6 Å². The van der Waals surface area contributed by atoms with Crippen LogP contribution in [0.5, 0.6) is 0 Å². The average molecular weight is 314 g/mol. The van der Waals surface area contributed by atoms with Crippen LogP contribution in [0.2, 0.25) is 0 Å². The molecule has 2 amide bonds. The van der Waals surface area contributed by atoms with Crippen molar-refractivity contribution in [3.8, 4) is 0 Å². The number of hydrogen-bond acceptors (Lipinski definition) is 4. The second-order valence-corrected chi connectivity index (χ2v) is 5.90. The van der Waals surface area contributed by atoms with Gasteiger partial charge in [0, 0.05) is 25.2 Å². The van der Waals surface area contributed by atoms with E-state index in [1.807, 2.05) is 22.7 Å². The van der Waals surface area contributed by atoms with Crippen LogP contribution >= 0.6 is 0 Å². The van der Waals surface area contributed by atoms with Crippen LogP contribution in [0.25, 0.3) is 5.65 Å². The fraction of sp³-hybridized carbons (Fsp3) is 0.438. The van der Waals surface area contributed by atoms with E-state index in [4.69, 9.17) is 0 Å². The number of anilines is 1. The zero-order chi connectivity index (χ0) is 16.2. The third-order valence-corrected chi connectivity index (χ3v) is 4.11. The van der Waals surface area contributed by atoms with Gasteiger partial charge in [0.15, 0.2) is 5.65 Å². The molecule has 3 heterocycles. The summed E-state index contributed by atoms with van der Waals surface area (Å²) >= 11 is 0. The highest BCUT2D eigenvalue weighted by molar-refractivity contribution is 5.93. The van der Waals surface area contributed by atoms with Gasteiger partial charge in [-0.2, -0.15) is 0 Å². The summed E-state index contributed by atoms with van der Waals surface area (Å²) in [4.78, 5) is 14.2. The maximum absolute atomic E-state index is 11.8. The lowest BCUT2D eigenvalue weighted by Gasteiger charge is -2.28. The van der Waals surface area contributed by atoms with Crippen molar-refractivity contribution in [3.05, 3.63) is 36.8 Å². The van der Waals surface area contributed by atoms with Crippen LogP contribution in [0.4, 0.5) is 10.5 Å². The number of rotatable bonds is 4. The molecule has 1 aliphatic rings. The smallest absolute Gasteiger partial charge is 0.319 e. The van der Waals surface area contributed by atoms with Crippen LogP contribution in [-0.2, 0) is 0 Å². The number of amides is 2. The van der Waals surface area contributed by atoms with Gasteiger partial charge in [0.2, 0.25) is 0 Å². The number of fused-ring (bicyclic) bond motifs is 1. The Morgan fingerprint density at radius 1 is 1.52 bits per heavy atom. The molecule has 7 heteroatoms. The summed E-state index contributed by atoms with van der Waals surface area (Å²) in [6.07, 6.45) is 5.86. The Bertz CT molecular complexity index is 710. The predicted octanol–water partition coefficient (Wildman–Crippen LogP) is 1.85. The zero-order valence-electron chi connectivity index (χ0n) is 13.3. The average Bonchev–Trinajstić information content (AvgIpc) is 2.98. The third kappa shape index (κ3) is 3.34. The molecule has 23 heavy (non-hydrogen) atoms. The minimum atomic E-state index is -0.278. The number of likely N-dealkylation sites (N-methyl/N-ethyl adjacent to an activating group) is 1. The monoisotopic (exact) mass is 314 g/mol. The Morgan fingerprint density at radius 2 is 2.39 bits per heavy atom. The molecule has 1 aliphatic heterocycles. The first-order valence-corrected chi connectivity index (χ1v) is 7.87. The van der Waals surface area contributed by atoms with Crippen molar-refractivity contribution in [2.24, 2.45) is 0 Å². The van der Waals surface area contributed by atoms with E-state index in [1.54, 1.807) is 6.08 Å². The van der Waals surface area contributed by atoms with Crippen molar-refractivity contribution in [3.63, 3.8) is 0 Å². The Kier molecular flexibility index (Phi) is 4.57. The van der Waals surface area contributed by atoms with E-state index < -0.39 is 0 Å². The molecule has 122 valence electrons. The molecule has 0 aliphatic carbocycles. The fourth-order valence-corrected chi connectivity index (χ4v) is 3.02. The van der Waals surface area contributed by atoms with E-state index in [0.717, 1.165) is 31.8 Å². The molecule has 1 atom stereocenters. The number of aromatic nitrogens is 3. The van der Waals surface area contributed by atoms with Gasteiger partial charge in [0.05, 0.1) is 5.69 Å². The van der Waals surface area contributed by atoms with Crippen LogP contribution < -0.4 is 10.6 Å². The number of nitrogens with one attached hydrogen (secondary N) is 2. The minimum Gasteiger partial charge on any atom is -0.334 e. The lowest BCUT2D eigenvalue weighted by atomic mass is 9.98. The Morgan fingerprint density at radius 3 is 3.17 bits per heavy atom. The van der Waals surface area contributed by atoms with Crippen LogP contribution in [0, 0.1) is 0 Å². The summed E-state index contributed by atoms with van der Waals surface area (Å²) in [7, 11) is 2.13. The van der Waals surface area contributed by atoms with Gasteiger partial charge in [-0.25, -0.2) is 4.79 Å². The first-order valence-electron chi connectivity index (χ1n) is 7.87. The van der Waals surface area contributed by atoms with Gasteiger partial charge in [0.25, 0.3) is 0 Å². The van der Waals surface area contributed by atoms with Gasteiger partial charge < -0.3 is 15.5 Å². The van der Waals surface area contributed by atoms with Gasteiger partial charge in [-0.05, 0) is 38.6 Å². The largest absolute Gasteiger partial charge is 0.334 e. The lowest BCUT2D eigenvalue weighted by molar-refractivity contribution is 0.245. The molecular formula is C16H22N6O. The number of nitrogens with zero attached hydrogens (tertiary/aromatic N) is 4. The molecule has 1 saturated heterocycles. The first kappa shape index (κ1) is 15.5. The second-order valence-electron chi connectivity index (χ2n) is 5.90. The van der Waals surface area contributed by atoms with Gasteiger partial charge >= 0.3 is 6.03 Å². The van der Waals surface area contributed by atoms with E-state index in [2.05, 4.69) is 39.4 Å². The molecule has 0 bridgehead atoms. The Balaban J connectivity index is 1.85. The van der Waals surface area contributed by atoms with E-state index in [9.17, 15) is 4.79 Å². The second kappa shape index (κ2) is 6.78. The molecule has 3 rings (SSSR count). The van der Waals surface area contributed by atoms with Crippen molar-refractivity contribution >= 4 is 17.4 Å². The number of carbonyl (C=O) groups is 1. The molecular weight excluding hydrogens is 292 g/mol. The van der Waals surface area contributed by atoms with Gasteiger partial charge in [-0.3, -0.25) is 4.40 Å². The number of hydrogen-bond donors (Lipinski definition) is 2. The van der Waals surface area contributed by atoms with Crippen LogP contribution in [-0.4, -0.2) is 52.2 Å². The molecule has 2 N–H and O–H groups in total. The molecule has 0 aromatic carbocycles. The summed E-state index contributed by atoms with van der Waals surface area (Å²) in [5.41, 5.74) is 1.32. The van der Waals surface area contributed by atoms with Crippen LogP contribution in [0.3, 0.4) is 0 Å². The van der Waals surface area contributed by atoms with Crippen molar-refractivity contribution in [1.29, 1.82) is 0 Å². The molecule has 1 fully saturated rings. The van der Waals surface area contributed by atoms with Crippen molar-refractivity contribution in [2.75, 3.05) is 32.0 Å². The number of pyridine rings is 1. The molecule has 7 nitrogen and oxygen atoms in total. The first-order chi connectivity index (χ1) is 11.2. The van der Waals surface area contributed by atoms with Crippen molar-refractivity contribution in [2.45, 2.75) is 18.8 Å². The summed E-state index contributed by atoms with van der Waals surface area (Å²) in [5.74, 6) is 1.33. The maximum Gasteiger partial charge on any atom is 0.319 e. The molecule has 2 aromatic heterocycles. The molecule has 0 spiro atoms. The lowest BCUT2D eigenvalue weighted by Crippen LogP contribution is -2.31. The number of likely N-dealkylation sites (tertiary alicyclic amines) is 1. The Hall–Kier alpha value is -2.41. The maximum atomic E-state index is 11.8. The van der Waals surface area contributed by atoms with Crippen molar-refractivity contribution in [1.82, 2.24) is 24.8 Å². The predicted molar refractivity (Wildman–Crippen MR) is 89.7 cm³/mol. The SMILES string of the molecule is C=CCNC(=O)Nc1cccn2c(C3CCCN(C)C3)nnc12. The number of urea groups is 1. The summed E-state index contributed by atoms with van der Waals surface area (Å²) in [5, 5.41) is 14.2. The standard InChI is InChI=1S/C16H22N6O/c1-3-8-17-16(23)18-13-7-5-10-22-14(19-20-15(13)22)12-6-4-9-21(2)11-12/h3,5,7,10,12H,1,4,6,8-9,11H2,2H3,(H2,17,18,23).